The molecule has 0 bridgehead atoms. The van der Waals surface area contributed by atoms with E-state index >= 15 is 0 Å². The van der Waals surface area contributed by atoms with Gasteiger partial charge in [0.1, 0.15) is 19.8 Å². The zero-order valence-electron chi connectivity index (χ0n) is 38.1. The molecule has 4 atom stereocenters. The molecule has 0 radical (unpaired) electrons. The fourth-order valence-corrected chi connectivity index (χ4v) is 6.47. The summed E-state index contributed by atoms with van der Waals surface area (Å²) in [7, 11) is 1.33. The maximum Gasteiger partial charge on any atom is 0.472 e. The highest BCUT2D eigenvalue weighted by atomic mass is 31.2. The summed E-state index contributed by atoms with van der Waals surface area (Å²) in [5.74, 6) is -1.04. The average molecular weight is 867 g/mol. The Balaban J connectivity index is 4.59. The van der Waals surface area contributed by atoms with E-state index in [1.54, 1.807) is 18.2 Å². The van der Waals surface area contributed by atoms with Crippen molar-refractivity contribution in [2.75, 3.05) is 47.5 Å². The minimum absolute atomic E-state index is 0.0107. The summed E-state index contributed by atoms with van der Waals surface area (Å²) < 4.78 is 34.1. The first kappa shape index (κ1) is 57.4. The van der Waals surface area contributed by atoms with Gasteiger partial charge in [-0.05, 0) is 64.2 Å². The lowest BCUT2D eigenvalue weighted by atomic mass is 10.1. The standard InChI is InChI=1S/C48H84NO10P/c1-6-8-10-11-12-13-14-15-16-17-18-19-20-21-25-28-32-38-48(53)59-46(43-58-60(54,55)57-41-40-49(3,4)5)42-56-47(52)39-33-37-45(51)36-31-27-24-22-23-26-30-35-44(50)34-29-9-7-2/h12-13,15-16,23-24,26-27,30-31,35-36,44-46,50-51H,6-11,14,17-22,25,28-29,32-34,37-43H2,1-5H3/p+1/b13-12-,16-15-,26-23-,27-24-,35-30+,36-31+/t44-,45-,46+/m0/s1. The Morgan fingerprint density at radius 3 is 1.72 bits per heavy atom. The number of phosphoric acid groups is 1. The molecule has 0 aromatic heterocycles. The number of phosphoric ester groups is 1. The van der Waals surface area contributed by atoms with Crippen LogP contribution in [0.2, 0.25) is 0 Å². The van der Waals surface area contributed by atoms with E-state index in [1.807, 2.05) is 51.5 Å². The van der Waals surface area contributed by atoms with Gasteiger partial charge in [0.2, 0.25) is 0 Å². The average Bonchev–Trinajstić information content (AvgIpc) is 3.19. The van der Waals surface area contributed by atoms with Crippen LogP contribution in [0.1, 0.15) is 155 Å². The molecule has 0 aromatic carbocycles. The fraction of sp³-hybridized carbons (Fsp3) is 0.708. The van der Waals surface area contributed by atoms with E-state index in [4.69, 9.17) is 18.5 Å². The summed E-state index contributed by atoms with van der Waals surface area (Å²) in [6.45, 7) is 4.01. The number of carbonyl (C=O) groups excluding carboxylic acids is 2. The molecule has 0 spiro atoms. The molecule has 0 aliphatic carbocycles. The van der Waals surface area contributed by atoms with Gasteiger partial charge in [-0.25, -0.2) is 4.57 Å². The van der Waals surface area contributed by atoms with Crippen LogP contribution in [-0.4, -0.2) is 97.3 Å². The third kappa shape index (κ3) is 42.1. The first-order valence-corrected chi connectivity index (χ1v) is 24.4. The third-order valence-electron chi connectivity index (χ3n) is 9.42. The molecular formula is C48H85NO10P+. The molecule has 12 heteroatoms. The summed E-state index contributed by atoms with van der Waals surface area (Å²) >= 11 is 0. The van der Waals surface area contributed by atoms with E-state index in [1.165, 1.54) is 38.5 Å². The molecule has 0 saturated carbocycles. The highest BCUT2D eigenvalue weighted by Crippen LogP contribution is 2.43. The number of nitrogens with zero attached hydrogens (tertiary/aromatic N) is 1. The zero-order valence-corrected chi connectivity index (χ0v) is 39.0. The highest BCUT2D eigenvalue weighted by molar-refractivity contribution is 7.47. The number of ether oxygens (including phenoxy) is 2. The Morgan fingerprint density at radius 2 is 1.12 bits per heavy atom. The molecule has 0 rings (SSSR count). The molecule has 0 aliphatic rings. The van der Waals surface area contributed by atoms with Crippen molar-refractivity contribution < 1.29 is 52.3 Å². The quantitative estimate of drug-likeness (QED) is 0.0136. The zero-order chi connectivity index (χ0) is 44.6. The van der Waals surface area contributed by atoms with Crippen LogP contribution in [0.5, 0.6) is 0 Å². The van der Waals surface area contributed by atoms with Gasteiger partial charge in [0.25, 0.3) is 0 Å². The van der Waals surface area contributed by atoms with Gasteiger partial charge in [-0.1, -0.05) is 151 Å². The molecule has 0 heterocycles. The number of carbonyl (C=O) groups is 2. The van der Waals surface area contributed by atoms with Crippen molar-refractivity contribution in [1.82, 2.24) is 0 Å². The van der Waals surface area contributed by atoms with E-state index in [2.05, 4.69) is 38.2 Å². The molecular weight excluding hydrogens is 781 g/mol. The van der Waals surface area contributed by atoms with E-state index in [9.17, 15) is 29.3 Å². The second-order valence-electron chi connectivity index (χ2n) is 16.5. The summed E-state index contributed by atoms with van der Waals surface area (Å²) in [5, 5.41) is 20.2. The molecule has 0 amide bonds. The van der Waals surface area contributed by atoms with Crippen LogP contribution in [0, 0.1) is 0 Å². The maximum absolute atomic E-state index is 12.7. The number of quaternary nitrogens is 1. The van der Waals surface area contributed by atoms with E-state index < -0.39 is 44.7 Å². The van der Waals surface area contributed by atoms with Gasteiger partial charge in [-0.3, -0.25) is 18.6 Å². The minimum atomic E-state index is -4.44. The van der Waals surface area contributed by atoms with Crippen LogP contribution in [0.25, 0.3) is 0 Å². The molecule has 11 nitrogen and oxygen atoms in total. The summed E-state index contributed by atoms with van der Waals surface area (Å²) in [4.78, 5) is 35.4. The van der Waals surface area contributed by atoms with Gasteiger partial charge in [-0.15, -0.1) is 0 Å². The van der Waals surface area contributed by atoms with Gasteiger partial charge in [0, 0.05) is 12.8 Å². The van der Waals surface area contributed by atoms with E-state index in [0.29, 0.717) is 36.7 Å². The number of hydrogen-bond donors (Lipinski definition) is 3. The number of unbranched alkanes of at least 4 members (excludes halogenated alkanes) is 12. The molecule has 1 unspecified atom stereocenters. The maximum atomic E-state index is 12.7. The Labute approximate surface area is 364 Å². The summed E-state index contributed by atoms with van der Waals surface area (Å²) in [5.41, 5.74) is 0. The molecule has 3 N–H and O–H groups in total. The monoisotopic (exact) mass is 867 g/mol. The second kappa shape index (κ2) is 39.2. The normalized spacial score (nSPS) is 15.3. The van der Waals surface area contributed by atoms with Crippen LogP contribution in [0.4, 0.5) is 0 Å². The number of allylic oxidation sites excluding steroid dienone is 10. The second-order valence-corrected chi connectivity index (χ2v) is 17.9. The predicted octanol–water partition coefficient (Wildman–Crippen LogP) is 11.0. The number of likely N-dealkylation sites (N-methyl/N-ethyl adjacent to an activating group) is 1. The molecule has 0 fully saturated rings. The summed E-state index contributed by atoms with van der Waals surface area (Å²) in [6.07, 6.45) is 41.6. The molecule has 346 valence electrons. The number of aliphatic hydroxyl groups is 2. The van der Waals surface area contributed by atoms with E-state index in [-0.39, 0.29) is 26.1 Å². The lowest BCUT2D eigenvalue weighted by molar-refractivity contribution is -0.870. The van der Waals surface area contributed by atoms with Crippen LogP contribution < -0.4 is 0 Å². The van der Waals surface area contributed by atoms with Gasteiger partial charge in [0.05, 0.1) is 40.0 Å². The van der Waals surface area contributed by atoms with Crippen molar-refractivity contribution >= 4 is 19.8 Å². The Kier molecular flexibility index (Phi) is 37.5. The van der Waals surface area contributed by atoms with Crippen LogP contribution in [-0.2, 0) is 32.7 Å². The van der Waals surface area contributed by atoms with Crippen molar-refractivity contribution in [3.8, 4) is 0 Å². The highest BCUT2D eigenvalue weighted by Gasteiger charge is 2.27. The number of rotatable bonds is 40. The molecule has 0 aliphatic heterocycles. The first-order valence-electron chi connectivity index (χ1n) is 22.9. The summed E-state index contributed by atoms with van der Waals surface area (Å²) in [6, 6.07) is 0. The first-order chi connectivity index (χ1) is 28.8. The Bertz CT molecular complexity index is 1290. The van der Waals surface area contributed by atoms with Gasteiger partial charge in [0.15, 0.2) is 6.10 Å². The van der Waals surface area contributed by atoms with Crippen LogP contribution in [0.15, 0.2) is 72.9 Å². The number of hydrogen-bond acceptors (Lipinski definition) is 9. The lowest BCUT2D eigenvalue weighted by Gasteiger charge is -2.24. The largest absolute Gasteiger partial charge is 0.472 e. The lowest BCUT2D eigenvalue weighted by Crippen LogP contribution is -2.37. The topological polar surface area (TPSA) is 149 Å². The number of esters is 2. The molecule has 0 aromatic rings. The smallest absolute Gasteiger partial charge is 0.462 e. The fourth-order valence-electron chi connectivity index (χ4n) is 5.73. The van der Waals surface area contributed by atoms with Crippen molar-refractivity contribution in [2.24, 2.45) is 0 Å². The number of aliphatic hydroxyl groups excluding tert-OH is 2. The van der Waals surface area contributed by atoms with Crippen molar-refractivity contribution in [3.05, 3.63) is 72.9 Å². The van der Waals surface area contributed by atoms with Crippen LogP contribution >= 0.6 is 7.82 Å². The molecule has 0 saturated heterocycles. The van der Waals surface area contributed by atoms with Crippen molar-refractivity contribution in [3.63, 3.8) is 0 Å². The van der Waals surface area contributed by atoms with Crippen molar-refractivity contribution in [2.45, 2.75) is 173 Å². The van der Waals surface area contributed by atoms with Crippen LogP contribution in [0.3, 0.4) is 0 Å². The SMILES string of the molecule is CCCCC/C=C\C/C=C\CCCCCCCCCC(=O)O[C@H](COC(=O)CCC[C@@H](O)/C=C/C=C\C/C=C\C=C\[C@@H](O)CCCCC)COP(=O)(O)OCC[N+](C)(C)C. The van der Waals surface area contributed by atoms with Gasteiger partial charge in [-0.2, -0.15) is 0 Å². The predicted molar refractivity (Wildman–Crippen MR) is 245 cm³/mol. The Morgan fingerprint density at radius 1 is 0.600 bits per heavy atom. The van der Waals surface area contributed by atoms with E-state index in [0.717, 1.165) is 64.2 Å². The van der Waals surface area contributed by atoms with Gasteiger partial charge >= 0.3 is 19.8 Å². The molecule has 60 heavy (non-hydrogen) atoms. The Hall–Kier alpha value is -2.63. The van der Waals surface area contributed by atoms with Crippen molar-refractivity contribution in [1.29, 1.82) is 0 Å². The third-order valence-corrected chi connectivity index (χ3v) is 10.4. The minimum Gasteiger partial charge on any atom is -0.462 e. The van der Waals surface area contributed by atoms with Gasteiger partial charge < -0.3 is 29.1 Å².